The van der Waals surface area contributed by atoms with Crippen LogP contribution in [0.2, 0.25) is 0 Å². The Labute approximate surface area is 178 Å². The first-order chi connectivity index (χ1) is 14.9. The zero-order chi connectivity index (χ0) is 21.8. The van der Waals surface area contributed by atoms with E-state index in [0.717, 1.165) is 0 Å². The van der Waals surface area contributed by atoms with Crippen molar-refractivity contribution in [3.8, 4) is 0 Å². The van der Waals surface area contributed by atoms with Crippen molar-refractivity contribution in [1.82, 2.24) is 14.5 Å². The van der Waals surface area contributed by atoms with Gasteiger partial charge in [0, 0.05) is 24.2 Å². The van der Waals surface area contributed by atoms with E-state index in [1.54, 1.807) is 24.3 Å². The number of carbonyl (C=O) groups excluding carboxylic acids is 2. The predicted octanol–water partition coefficient (Wildman–Crippen LogP) is 1.38. The summed E-state index contributed by atoms with van der Waals surface area (Å²) in [6.07, 6.45) is 0. The van der Waals surface area contributed by atoms with Crippen LogP contribution < -0.4 is 5.32 Å². The number of nitrogens with zero attached hydrogens (tertiary/aromatic N) is 2. The minimum atomic E-state index is -3.61. The Kier molecular flexibility index (Phi) is 5.98. The van der Waals surface area contributed by atoms with Gasteiger partial charge in [-0.25, -0.2) is 13.2 Å². The molecule has 31 heavy (non-hydrogen) atoms. The van der Waals surface area contributed by atoms with Crippen molar-refractivity contribution in [2.75, 3.05) is 38.2 Å². The Morgan fingerprint density at radius 1 is 1.10 bits per heavy atom. The molecule has 1 amide bonds. The standard InChI is InChI=1S/C20H20N4O6S/c25-18(13-30-20(26)19-16-3-1-2-4-17(16)22-23-19)21-14-5-7-15(8-6-14)31(27,28)24-9-11-29-12-10-24/h1-8H,9-13H2,(H,21,25)(H,22,23). The van der Waals surface area contributed by atoms with E-state index in [1.807, 2.05) is 0 Å². The molecule has 0 saturated carbocycles. The van der Waals surface area contributed by atoms with Crippen LogP contribution in [0.1, 0.15) is 10.5 Å². The van der Waals surface area contributed by atoms with Crippen molar-refractivity contribution < 1.29 is 27.5 Å². The van der Waals surface area contributed by atoms with Gasteiger partial charge in [0.25, 0.3) is 5.91 Å². The number of nitrogens with one attached hydrogen (secondary N) is 2. The molecule has 4 rings (SSSR count). The molecule has 1 aliphatic heterocycles. The number of aromatic amines is 1. The van der Waals surface area contributed by atoms with Gasteiger partial charge in [0.05, 0.1) is 23.6 Å². The smallest absolute Gasteiger partial charge is 0.359 e. The van der Waals surface area contributed by atoms with Crippen LogP contribution in [0.4, 0.5) is 5.69 Å². The third-order valence-corrected chi connectivity index (χ3v) is 6.66. The largest absolute Gasteiger partial charge is 0.451 e. The van der Waals surface area contributed by atoms with E-state index < -0.39 is 28.5 Å². The fourth-order valence-corrected chi connectivity index (χ4v) is 4.57. The molecule has 0 aliphatic carbocycles. The molecule has 1 fully saturated rings. The van der Waals surface area contributed by atoms with Crippen LogP contribution in [0.5, 0.6) is 0 Å². The van der Waals surface area contributed by atoms with Crippen molar-refractivity contribution in [3.63, 3.8) is 0 Å². The number of carbonyl (C=O) groups is 2. The quantitative estimate of drug-likeness (QED) is 0.549. The summed E-state index contributed by atoms with van der Waals surface area (Å²) in [6.45, 7) is 0.823. The number of rotatable bonds is 6. The molecule has 2 aromatic carbocycles. The molecule has 0 unspecified atom stereocenters. The molecule has 10 nitrogen and oxygen atoms in total. The highest BCUT2D eigenvalue weighted by molar-refractivity contribution is 7.89. The maximum Gasteiger partial charge on any atom is 0.359 e. The molecule has 0 bridgehead atoms. The normalized spacial score (nSPS) is 15.0. The Balaban J connectivity index is 1.34. The van der Waals surface area contributed by atoms with Gasteiger partial charge in [-0.1, -0.05) is 18.2 Å². The number of anilines is 1. The van der Waals surface area contributed by atoms with Crippen LogP contribution in [-0.2, 0) is 24.3 Å². The predicted molar refractivity (Wildman–Crippen MR) is 111 cm³/mol. The lowest BCUT2D eigenvalue weighted by Crippen LogP contribution is -2.40. The Hall–Kier alpha value is -3.28. The summed E-state index contributed by atoms with van der Waals surface area (Å²) < 4.78 is 36.8. The average molecular weight is 444 g/mol. The summed E-state index contributed by atoms with van der Waals surface area (Å²) in [4.78, 5) is 24.5. The summed E-state index contributed by atoms with van der Waals surface area (Å²) in [5, 5.41) is 9.82. The van der Waals surface area contributed by atoms with Crippen LogP contribution in [0.15, 0.2) is 53.4 Å². The van der Waals surface area contributed by atoms with Gasteiger partial charge in [-0.05, 0) is 30.3 Å². The number of para-hydroxylation sites is 1. The highest BCUT2D eigenvalue weighted by Gasteiger charge is 2.26. The fraction of sp³-hybridized carbons (Fsp3) is 0.250. The molecule has 1 aliphatic rings. The van der Waals surface area contributed by atoms with Gasteiger partial charge in [0.1, 0.15) is 0 Å². The summed E-state index contributed by atoms with van der Waals surface area (Å²) in [7, 11) is -3.61. The Morgan fingerprint density at radius 2 is 1.81 bits per heavy atom. The van der Waals surface area contributed by atoms with Crippen LogP contribution in [0.3, 0.4) is 0 Å². The van der Waals surface area contributed by atoms with Gasteiger partial charge in [-0.2, -0.15) is 9.40 Å². The van der Waals surface area contributed by atoms with Crippen LogP contribution in [0, 0.1) is 0 Å². The second-order valence-electron chi connectivity index (χ2n) is 6.78. The SMILES string of the molecule is O=C(COC(=O)c1n[nH]c2ccccc12)Nc1ccc(S(=O)(=O)N2CCOCC2)cc1. The molecule has 3 aromatic rings. The second kappa shape index (κ2) is 8.84. The summed E-state index contributed by atoms with van der Waals surface area (Å²) in [5.74, 6) is -1.28. The summed E-state index contributed by atoms with van der Waals surface area (Å²) in [5.41, 5.74) is 1.17. The number of benzene rings is 2. The molecule has 0 atom stereocenters. The van der Waals surface area contributed by atoms with Crippen LogP contribution in [0.25, 0.3) is 10.9 Å². The van der Waals surface area contributed by atoms with Gasteiger partial charge < -0.3 is 14.8 Å². The zero-order valence-corrected chi connectivity index (χ0v) is 17.2. The van der Waals surface area contributed by atoms with Gasteiger partial charge in [0.15, 0.2) is 12.3 Å². The molecule has 2 N–H and O–H groups in total. The number of hydrogen-bond acceptors (Lipinski definition) is 7. The lowest BCUT2D eigenvalue weighted by molar-refractivity contribution is -0.119. The fourth-order valence-electron chi connectivity index (χ4n) is 3.16. The highest BCUT2D eigenvalue weighted by atomic mass is 32.2. The molecule has 1 aromatic heterocycles. The molecule has 0 spiro atoms. The van der Waals surface area contributed by atoms with Crippen molar-refractivity contribution in [2.45, 2.75) is 4.90 Å². The van der Waals surface area contributed by atoms with Gasteiger partial charge in [-0.3, -0.25) is 9.89 Å². The number of morpholine rings is 1. The van der Waals surface area contributed by atoms with Gasteiger partial charge in [0.2, 0.25) is 10.0 Å². The monoisotopic (exact) mass is 444 g/mol. The molecular formula is C20H20N4O6S. The number of sulfonamides is 1. The zero-order valence-electron chi connectivity index (χ0n) is 16.4. The maximum atomic E-state index is 12.6. The van der Waals surface area contributed by atoms with E-state index in [9.17, 15) is 18.0 Å². The first kappa shape index (κ1) is 21.0. The third-order valence-electron chi connectivity index (χ3n) is 4.74. The van der Waals surface area contributed by atoms with E-state index in [2.05, 4.69) is 15.5 Å². The lowest BCUT2D eigenvalue weighted by atomic mass is 10.2. The van der Waals surface area contributed by atoms with E-state index in [4.69, 9.17) is 9.47 Å². The minimum Gasteiger partial charge on any atom is -0.451 e. The summed E-state index contributed by atoms with van der Waals surface area (Å²) >= 11 is 0. The van der Waals surface area contributed by atoms with Crippen molar-refractivity contribution >= 4 is 38.5 Å². The number of hydrogen-bond donors (Lipinski definition) is 2. The van der Waals surface area contributed by atoms with Crippen LogP contribution in [-0.4, -0.2) is 67.7 Å². The van der Waals surface area contributed by atoms with Crippen molar-refractivity contribution in [1.29, 1.82) is 0 Å². The lowest BCUT2D eigenvalue weighted by Gasteiger charge is -2.26. The van der Waals surface area contributed by atoms with Gasteiger partial charge >= 0.3 is 5.97 Å². The van der Waals surface area contributed by atoms with Crippen molar-refractivity contribution in [3.05, 3.63) is 54.2 Å². The van der Waals surface area contributed by atoms with E-state index in [1.165, 1.54) is 28.6 Å². The number of fused-ring (bicyclic) bond motifs is 1. The first-order valence-electron chi connectivity index (χ1n) is 9.53. The number of aromatic nitrogens is 2. The number of amides is 1. The molecule has 162 valence electrons. The molecule has 0 radical (unpaired) electrons. The number of esters is 1. The van der Waals surface area contributed by atoms with E-state index in [0.29, 0.717) is 42.9 Å². The molecular weight excluding hydrogens is 424 g/mol. The maximum absolute atomic E-state index is 12.6. The van der Waals surface area contributed by atoms with Crippen LogP contribution >= 0.6 is 0 Å². The average Bonchev–Trinajstić information content (AvgIpc) is 3.23. The molecule has 1 saturated heterocycles. The first-order valence-corrected chi connectivity index (χ1v) is 11.0. The van der Waals surface area contributed by atoms with E-state index >= 15 is 0 Å². The Bertz CT molecular complexity index is 1200. The topological polar surface area (TPSA) is 131 Å². The third kappa shape index (κ3) is 4.58. The molecule has 2 heterocycles. The Morgan fingerprint density at radius 3 is 2.55 bits per heavy atom. The van der Waals surface area contributed by atoms with Gasteiger partial charge in [-0.15, -0.1) is 0 Å². The summed E-state index contributed by atoms with van der Waals surface area (Å²) in [6, 6.07) is 12.9. The minimum absolute atomic E-state index is 0.0982. The van der Waals surface area contributed by atoms with Crippen molar-refractivity contribution in [2.24, 2.45) is 0 Å². The second-order valence-corrected chi connectivity index (χ2v) is 8.72. The number of H-pyrrole nitrogens is 1. The highest BCUT2D eigenvalue weighted by Crippen LogP contribution is 2.20. The van der Waals surface area contributed by atoms with E-state index in [-0.39, 0.29) is 10.6 Å². The molecule has 11 heteroatoms. The number of ether oxygens (including phenoxy) is 2.